The Balaban J connectivity index is 2.09. The van der Waals surface area contributed by atoms with Crippen LogP contribution in [0.3, 0.4) is 0 Å². The molecule has 0 spiro atoms. The minimum atomic E-state index is 0.283. The Morgan fingerprint density at radius 1 is 1.41 bits per heavy atom. The second-order valence-corrected chi connectivity index (χ2v) is 5.24. The first kappa shape index (κ1) is 12.5. The van der Waals surface area contributed by atoms with Gasteiger partial charge in [-0.15, -0.1) is 0 Å². The Morgan fingerprint density at radius 3 is 2.82 bits per heavy atom. The second kappa shape index (κ2) is 5.61. The molecule has 94 valence electrons. The van der Waals surface area contributed by atoms with Crippen molar-refractivity contribution >= 4 is 0 Å². The summed E-state index contributed by atoms with van der Waals surface area (Å²) in [5, 5.41) is 0. The standard InChI is InChI=1S/C14H23N3/c1-11-6-8-17(10-12(11)2)14(9-15)13-5-3-4-7-16-13/h3-5,7,11-12,14H,6,8-10,15H2,1-2H3. The molecule has 3 unspecified atom stereocenters. The molecular formula is C14H23N3. The molecule has 0 bridgehead atoms. The van der Waals surface area contributed by atoms with Crippen molar-refractivity contribution in [2.45, 2.75) is 26.3 Å². The number of hydrogen-bond acceptors (Lipinski definition) is 3. The fraction of sp³-hybridized carbons (Fsp3) is 0.643. The van der Waals surface area contributed by atoms with Crippen molar-refractivity contribution in [3.05, 3.63) is 30.1 Å². The van der Waals surface area contributed by atoms with Crippen LogP contribution in [0.15, 0.2) is 24.4 Å². The van der Waals surface area contributed by atoms with Crippen LogP contribution in [-0.2, 0) is 0 Å². The summed E-state index contributed by atoms with van der Waals surface area (Å²) in [7, 11) is 0. The molecule has 0 saturated carbocycles. The minimum Gasteiger partial charge on any atom is -0.329 e. The lowest BCUT2D eigenvalue weighted by Crippen LogP contribution is -2.43. The van der Waals surface area contributed by atoms with Crippen molar-refractivity contribution in [2.75, 3.05) is 19.6 Å². The van der Waals surface area contributed by atoms with E-state index in [0.29, 0.717) is 6.54 Å². The summed E-state index contributed by atoms with van der Waals surface area (Å²) in [6.45, 7) is 7.62. The van der Waals surface area contributed by atoms with Gasteiger partial charge in [-0.05, 0) is 36.9 Å². The van der Waals surface area contributed by atoms with Gasteiger partial charge in [-0.3, -0.25) is 9.88 Å². The van der Waals surface area contributed by atoms with Gasteiger partial charge in [-0.2, -0.15) is 0 Å². The molecule has 17 heavy (non-hydrogen) atoms. The van der Waals surface area contributed by atoms with Crippen LogP contribution in [0.25, 0.3) is 0 Å². The molecule has 1 aromatic rings. The van der Waals surface area contributed by atoms with Gasteiger partial charge in [0, 0.05) is 19.3 Å². The van der Waals surface area contributed by atoms with E-state index in [2.05, 4.69) is 29.8 Å². The minimum absolute atomic E-state index is 0.283. The number of piperidine rings is 1. The number of rotatable bonds is 3. The summed E-state index contributed by atoms with van der Waals surface area (Å²) in [6.07, 6.45) is 3.12. The van der Waals surface area contributed by atoms with E-state index in [1.807, 2.05) is 18.3 Å². The third-order valence-corrected chi connectivity index (χ3v) is 4.06. The predicted molar refractivity (Wildman–Crippen MR) is 70.6 cm³/mol. The van der Waals surface area contributed by atoms with E-state index in [1.54, 1.807) is 0 Å². The highest BCUT2D eigenvalue weighted by molar-refractivity contribution is 5.09. The quantitative estimate of drug-likeness (QED) is 0.869. The first-order valence-electron chi connectivity index (χ1n) is 6.57. The Bertz CT molecular complexity index is 339. The summed E-state index contributed by atoms with van der Waals surface area (Å²) in [6, 6.07) is 6.37. The smallest absolute Gasteiger partial charge is 0.0644 e. The fourth-order valence-corrected chi connectivity index (χ4v) is 2.61. The van der Waals surface area contributed by atoms with Crippen molar-refractivity contribution in [1.29, 1.82) is 0 Å². The third kappa shape index (κ3) is 2.85. The molecule has 1 aromatic heterocycles. The Hall–Kier alpha value is -0.930. The third-order valence-electron chi connectivity index (χ3n) is 4.06. The van der Waals surface area contributed by atoms with Crippen molar-refractivity contribution in [3.8, 4) is 0 Å². The van der Waals surface area contributed by atoms with Gasteiger partial charge in [0.05, 0.1) is 11.7 Å². The Kier molecular flexibility index (Phi) is 4.13. The highest BCUT2D eigenvalue weighted by Crippen LogP contribution is 2.28. The first-order chi connectivity index (χ1) is 8.22. The van der Waals surface area contributed by atoms with Gasteiger partial charge in [-0.1, -0.05) is 19.9 Å². The number of nitrogens with zero attached hydrogens (tertiary/aromatic N) is 2. The van der Waals surface area contributed by atoms with Crippen LogP contribution in [0, 0.1) is 11.8 Å². The van der Waals surface area contributed by atoms with E-state index in [4.69, 9.17) is 5.73 Å². The molecule has 3 nitrogen and oxygen atoms in total. The number of hydrogen-bond donors (Lipinski definition) is 1. The van der Waals surface area contributed by atoms with Crippen LogP contribution in [0.4, 0.5) is 0 Å². The Labute approximate surface area is 104 Å². The van der Waals surface area contributed by atoms with Gasteiger partial charge < -0.3 is 5.73 Å². The van der Waals surface area contributed by atoms with Gasteiger partial charge in [0.15, 0.2) is 0 Å². The van der Waals surface area contributed by atoms with E-state index >= 15 is 0 Å². The lowest BCUT2D eigenvalue weighted by Gasteiger charge is -2.39. The van der Waals surface area contributed by atoms with Crippen molar-refractivity contribution < 1.29 is 0 Å². The molecule has 0 aromatic carbocycles. The summed E-state index contributed by atoms with van der Waals surface area (Å²) < 4.78 is 0. The molecule has 1 aliphatic rings. The van der Waals surface area contributed by atoms with Crippen LogP contribution in [0.2, 0.25) is 0 Å². The summed E-state index contributed by atoms with van der Waals surface area (Å²) in [5.74, 6) is 1.58. The van der Waals surface area contributed by atoms with E-state index < -0.39 is 0 Å². The van der Waals surface area contributed by atoms with Gasteiger partial charge >= 0.3 is 0 Å². The number of pyridine rings is 1. The summed E-state index contributed by atoms with van der Waals surface area (Å²) >= 11 is 0. The number of nitrogens with two attached hydrogens (primary N) is 1. The lowest BCUT2D eigenvalue weighted by atomic mass is 9.87. The fourth-order valence-electron chi connectivity index (χ4n) is 2.61. The Morgan fingerprint density at radius 2 is 2.24 bits per heavy atom. The zero-order valence-corrected chi connectivity index (χ0v) is 10.8. The van der Waals surface area contributed by atoms with Crippen LogP contribution in [-0.4, -0.2) is 29.5 Å². The predicted octanol–water partition coefficient (Wildman–Crippen LogP) is 2.06. The van der Waals surface area contributed by atoms with E-state index in [-0.39, 0.29) is 6.04 Å². The molecule has 2 heterocycles. The maximum Gasteiger partial charge on any atom is 0.0644 e. The number of aromatic nitrogens is 1. The average molecular weight is 233 g/mol. The zero-order valence-electron chi connectivity index (χ0n) is 10.8. The number of likely N-dealkylation sites (tertiary alicyclic amines) is 1. The van der Waals surface area contributed by atoms with Crippen molar-refractivity contribution in [1.82, 2.24) is 9.88 Å². The first-order valence-corrected chi connectivity index (χ1v) is 6.57. The SMILES string of the molecule is CC1CCN(C(CN)c2ccccn2)CC1C. The van der Waals surface area contributed by atoms with Crippen molar-refractivity contribution in [2.24, 2.45) is 17.6 Å². The summed E-state index contributed by atoms with van der Waals surface area (Å²) in [5.41, 5.74) is 7.04. The lowest BCUT2D eigenvalue weighted by molar-refractivity contribution is 0.0965. The van der Waals surface area contributed by atoms with Crippen LogP contribution in [0.1, 0.15) is 32.0 Å². The topological polar surface area (TPSA) is 42.1 Å². The van der Waals surface area contributed by atoms with E-state index in [0.717, 1.165) is 30.6 Å². The maximum absolute atomic E-state index is 5.93. The molecule has 2 N–H and O–H groups in total. The molecule has 2 rings (SSSR count). The van der Waals surface area contributed by atoms with Crippen LogP contribution >= 0.6 is 0 Å². The van der Waals surface area contributed by atoms with Gasteiger partial charge in [-0.25, -0.2) is 0 Å². The van der Waals surface area contributed by atoms with E-state index in [1.165, 1.54) is 6.42 Å². The van der Waals surface area contributed by atoms with Crippen molar-refractivity contribution in [3.63, 3.8) is 0 Å². The molecule has 3 heteroatoms. The molecule has 1 fully saturated rings. The highest BCUT2D eigenvalue weighted by Gasteiger charge is 2.28. The normalized spacial score (nSPS) is 27.9. The monoisotopic (exact) mass is 233 g/mol. The van der Waals surface area contributed by atoms with Crippen LogP contribution in [0.5, 0.6) is 0 Å². The molecule has 0 radical (unpaired) electrons. The molecule has 1 aliphatic heterocycles. The largest absolute Gasteiger partial charge is 0.329 e. The second-order valence-electron chi connectivity index (χ2n) is 5.24. The van der Waals surface area contributed by atoms with Gasteiger partial charge in [0.25, 0.3) is 0 Å². The van der Waals surface area contributed by atoms with Gasteiger partial charge in [0.1, 0.15) is 0 Å². The molecule has 3 atom stereocenters. The zero-order chi connectivity index (χ0) is 12.3. The maximum atomic E-state index is 5.93. The molecular weight excluding hydrogens is 210 g/mol. The van der Waals surface area contributed by atoms with E-state index in [9.17, 15) is 0 Å². The molecule has 0 amide bonds. The summed E-state index contributed by atoms with van der Waals surface area (Å²) in [4.78, 5) is 6.94. The molecule has 1 saturated heterocycles. The average Bonchev–Trinajstić information content (AvgIpc) is 2.36. The highest BCUT2D eigenvalue weighted by atomic mass is 15.2. The van der Waals surface area contributed by atoms with Crippen LogP contribution < -0.4 is 5.73 Å². The molecule has 0 aliphatic carbocycles. The van der Waals surface area contributed by atoms with Gasteiger partial charge in [0.2, 0.25) is 0 Å².